The van der Waals surface area contributed by atoms with E-state index in [1.54, 1.807) is 0 Å². The lowest BCUT2D eigenvalue weighted by molar-refractivity contribution is 0.109. The molecule has 1 aliphatic rings. The van der Waals surface area contributed by atoms with Crippen LogP contribution in [-0.2, 0) is 20.0 Å². The number of aromatic nitrogens is 2. The van der Waals surface area contributed by atoms with Gasteiger partial charge in [-0.2, -0.15) is 0 Å². The summed E-state index contributed by atoms with van der Waals surface area (Å²) in [6.45, 7) is 1.07. The highest BCUT2D eigenvalue weighted by Crippen LogP contribution is 2.23. The molecular formula is C20H28N4O2. The van der Waals surface area contributed by atoms with E-state index in [1.165, 1.54) is 5.56 Å². The van der Waals surface area contributed by atoms with Gasteiger partial charge in [0.15, 0.2) is 0 Å². The van der Waals surface area contributed by atoms with E-state index in [1.807, 2.05) is 36.0 Å². The molecule has 0 aliphatic heterocycles. The smallest absolute Gasteiger partial charge is 0.315 e. The van der Waals surface area contributed by atoms with E-state index in [0.717, 1.165) is 43.6 Å². The normalized spacial score (nSPS) is 19.9. The van der Waals surface area contributed by atoms with Crippen molar-refractivity contribution in [3.05, 3.63) is 53.6 Å². The summed E-state index contributed by atoms with van der Waals surface area (Å²) >= 11 is 0. The molecular weight excluding hydrogens is 328 g/mol. The van der Waals surface area contributed by atoms with Crippen LogP contribution in [0.25, 0.3) is 0 Å². The van der Waals surface area contributed by atoms with E-state index in [-0.39, 0.29) is 12.1 Å². The summed E-state index contributed by atoms with van der Waals surface area (Å²) in [5.74, 6) is 1.31. The van der Waals surface area contributed by atoms with E-state index in [4.69, 9.17) is 0 Å². The molecule has 1 saturated carbocycles. The molecule has 0 saturated heterocycles. The van der Waals surface area contributed by atoms with Gasteiger partial charge in [0, 0.05) is 31.9 Å². The largest absolute Gasteiger partial charge is 0.393 e. The van der Waals surface area contributed by atoms with E-state index in [0.29, 0.717) is 19.0 Å². The molecule has 1 aliphatic carbocycles. The Labute approximate surface area is 154 Å². The van der Waals surface area contributed by atoms with Gasteiger partial charge in [-0.15, -0.1) is 0 Å². The quantitative estimate of drug-likeness (QED) is 0.743. The third-order valence-electron chi connectivity index (χ3n) is 5.18. The van der Waals surface area contributed by atoms with Crippen molar-refractivity contribution in [2.75, 3.05) is 6.54 Å². The highest BCUT2D eigenvalue weighted by molar-refractivity contribution is 5.73. The number of urea groups is 1. The summed E-state index contributed by atoms with van der Waals surface area (Å²) in [7, 11) is 1.98. The van der Waals surface area contributed by atoms with Crippen LogP contribution >= 0.6 is 0 Å². The molecule has 6 nitrogen and oxygen atoms in total. The van der Waals surface area contributed by atoms with E-state index in [2.05, 4.69) is 27.8 Å². The Bertz CT molecular complexity index is 706. The average molecular weight is 356 g/mol. The Kier molecular flexibility index (Phi) is 6.28. The first kappa shape index (κ1) is 18.5. The number of carbonyl (C=O) groups excluding carboxylic acids is 1. The molecule has 0 spiro atoms. The molecule has 0 unspecified atom stereocenters. The number of aliphatic hydroxyl groups excluding tert-OH is 1. The maximum absolute atomic E-state index is 12.0. The number of imidazole rings is 1. The van der Waals surface area contributed by atoms with Crippen molar-refractivity contribution in [2.45, 2.75) is 44.8 Å². The molecule has 2 amide bonds. The predicted octanol–water partition coefficient (Wildman–Crippen LogP) is 2.36. The number of amides is 2. The van der Waals surface area contributed by atoms with Crippen LogP contribution in [0.1, 0.15) is 42.8 Å². The van der Waals surface area contributed by atoms with Crippen molar-refractivity contribution in [1.82, 2.24) is 20.2 Å². The fourth-order valence-corrected chi connectivity index (χ4v) is 3.43. The van der Waals surface area contributed by atoms with Gasteiger partial charge in [0.25, 0.3) is 0 Å². The summed E-state index contributed by atoms with van der Waals surface area (Å²) in [6.07, 6.45) is 6.16. The Morgan fingerprint density at radius 2 is 1.92 bits per heavy atom. The first-order valence-electron chi connectivity index (χ1n) is 9.35. The molecule has 0 bridgehead atoms. The zero-order valence-electron chi connectivity index (χ0n) is 15.3. The molecule has 1 aromatic carbocycles. The van der Waals surface area contributed by atoms with Gasteiger partial charge in [-0.05, 0) is 37.2 Å². The zero-order valence-corrected chi connectivity index (χ0v) is 15.3. The van der Waals surface area contributed by atoms with Crippen molar-refractivity contribution < 1.29 is 9.90 Å². The second-order valence-corrected chi connectivity index (χ2v) is 7.13. The first-order valence-corrected chi connectivity index (χ1v) is 9.35. The van der Waals surface area contributed by atoms with Crippen LogP contribution in [0.5, 0.6) is 0 Å². The van der Waals surface area contributed by atoms with Crippen molar-refractivity contribution in [3.8, 4) is 0 Å². The molecule has 0 atom stereocenters. The monoisotopic (exact) mass is 356 g/mol. The highest BCUT2D eigenvalue weighted by atomic mass is 16.3. The lowest BCUT2D eigenvalue weighted by atomic mass is 9.87. The van der Waals surface area contributed by atoms with Gasteiger partial charge in [0.2, 0.25) is 0 Å². The van der Waals surface area contributed by atoms with Gasteiger partial charge in [-0.1, -0.05) is 30.3 Å². The van der Waals surface area contributed by atoms with Gasteiger partial charge in [0.1, 0.15) is 5.82 Å². The Morgan fingerprint density at radius 1 is 1.19 bits per heavy atom. The minimum absolute atomic E-state index is 0.159. The molecule has 26 heavy (non-hydrogen) atoms. The highest BCUT2D eigenvalue weighted by Gasteiger charge is 2.19. The topological polar surface area (TPSA) is 79.2 Å². The van der Waals surface area contributed by atoms with Crippen molar-refractivity contribution in [1.29, 1.82) is 0 Å². The molecule has 1 aromatic heterocycles. The minimum atomic E-state index is -0.163. The van der Waals surface area contributed by atoms with Crippen molar-refractivity contribution in [3.63, 3.8) is 0 Å². The summed E-state index contributed by atoms with van der Waals surface area (Å²) < 4.78 is 2.04. The van der Waals surface area contributed by atoms with Crippen LogP contribution in [0.2, 0.25) is 0 Å². The van der Waals surface area contributed by atoms with Crippen LogP contribution < -0.4 is 10.6 Å². The van der Waals surface area contributed by atoms with Gasteiger partial charge in [0.05, 0.1) is 12.6 Å². The summed E-state index contributed by atoms with van der Waals surface area (Å²) in [5, 5.41) is 15.3. The second-order valence-electron chi connectivity index (χ2n) is 7.13. The van der Waals surface area contributed by atoms with Crippen LogP contribution in [0, 0.1) is 5.92 Å². The number of benzene rings is 1. The van der Waals surface area contributed by atoms with Gasteiger partial charge in [-0.25, -0.2) is 9.78 Å². The molecule has 2 aromatic rings. The number of nitrogens with zero attached hydrogens (tertiary/aromatic N) is 2. The molecule has 140 valence electrons. The van der Waals surface area contributed by atoms with Crippen molar-refractivity contribution >= 4 is 6.03 Å². The fraction of sp³-hybridized carbons (Fsp3) is 0.500. The average Bonchev–Trinajstić information content (AvgIpc) is 3.00. The lowest BCUT2D eigenvalue weighted by Crippen LogP contribution is -2.39. The zero-order chi connectivity index (χ0) is 18.4. The SMILES string of the molecule is Cn1c(Cc2ccccc2)cnc1CNC(=O)NCC1CCC(O)CC1. The van der Waals surface area contributed by atoms with Crippen LogP contribution in [0.15, 0.2) is 36.5 Å². The Hall–Kier alpha value is -2.34. The maximum Gasteiger partial charge on any atom is 0.315 e. The fourth-order valence-electron chi connectivity index (χ4n) is 3.43. The summed E-state index contributed by atoms with van der Waals surface area (Å²) in [4.78, 5) is 16.5. The molecule has 3 rings (SSSR count). The number of hydrogen-bond acceptors (Lipinski definition) is 3. The van der Waals surface area contributed by atoms with Crippen LogP contribution in [0.3, 0.4) is 0 Å². The minimum Gasteiger partial charge on any atom is -0.393 e. The number of carbonyl (C=O) groups is 1. The van der Waals surface area contributed by atoms with Crippen LogP contribution in [-0.4, -0.2) is 33.3 Å². The predicted molar refractivity (Wildman–Crippen MR) is 101 cm³/mol. The van der Waals surface area contributed by atoms with Crippen molar-refractivity contribution in [2.24, 2.45) is 13.0 Å². The number of aliphatic hydroxyl groups is 1. The first-order chi connectivity index (χ1) is 12.6. The molecule has 0 radical (unpaired) electrons. The van der Waals surface area contributed by atoms with Gasteiger partial charge < -0.3 is 20.3 Å². The second kappa shape index (κ2) is 8.85. The van der Waals surface area contributed by atoms with Crippen LogP contribution in [0.4, 0.5) is 4.79 Å². The standard InChI is InChI=1S/C20H28N4O2/c1-24-17(11-15-5-3-2-4-6-15)13-21-19(24)14-23-20(26)22-12-16-7-9-18(25)10-8-16/h2-6,13,16,18,25H,7-12,14H2,1H3,(H2,22,23,26). The third kappa shape index (κ3) is 5.08. The number of nitrogens with one attached hydrogen (secondary N) is 2. The van der Waals surface area contributed by atoms with E-state index >= 15 is 0 Å². The molecule has 1 fully saturated rings. The molecule has 6 heteroatoms. The third-order valence-corrected chi connectivity index (χ3v) is 5.18. The summed E-state index contributed by atoms with van der Waals surface area (Å²) in [5.41, 5.74) is 2.36. The number of rotatable bonds is 6. The molecule has 3 N–H and O–H groups in total. The van der Waals surface area contributed by atoms with E-state index < -0.39 is 0 Å². The Balaban J connectivity index is 1.43. The number of hydrogen-bond donors (Lipinski definition) is 3. The van der Waals surface area contributed by atoms with Gasteiger partial charge >= 0.3 is 6.03 Å². The van der Waals surface area contributed by atoms with Gasteiger partial charge in [-0.3, -0.25) is 0 Å². The molecule has 1 heterocycles. The maximum atomic E-state index is 12.0. The lowest BCUT2D eigenvalue weighted by Gasteiger charge is -2.25. The Morgan fingerprint density at radius 3 is 2.65 bits per heavy atom. The summed E-state index contributed by atoms with van der Waals surface area (Å²) in [6, 6.07) is 10.1. The van der Waals surface area contributed by atoms with E-state index in [9.17, 15) is 9.90 Å².